The van der Waals surface area contributed by atoms with Crippen molar-refractivity contribution in [3.05, 3.63) is 0 Å². The van der Waals surface area contributed by atoms with Crippen molar-refractivity contribution in [2.75, 3.05) is 6.73 Å². The molecule has 0 saturated heterocycles. The van der Waals surface area contributed by atoms with E-state index in [-0.39, 0.29) is 24.1 Å². The molecule has 1 atom stereocenters. The van der Waals surface area contributed by atoms with E-state index >= 15 is 0 Å². The third kappa shape index (κ3) is 13.5. The second-order valence-electron chi connectivity index (χ2n) is 5.69. The van der Waals surface area contributed by atoms with Gasteiger partial charge in [0.2, 0.25) is 6.29 Å². The van der Waals surface area contributed by atoms with Crippen molar-refractivity contribution in [3.63, 3.8) is 0 Å². The first kappa shape index (κ1) is 23.4. The minimum absolute atomic E-state index is 0. The molecule has 0 saturated carbocycles. The van der Waals surface area contributed by atoms with Gasteiger partial charge in [0.05, 0.1) is 5.92 Å². The Hall–Kier alpha value is -1.83. The van der Waals surface area contributed by atoms with Gasteiger partial charge >= 0.3 is 18.0 Å². The molecular weight excluding hydrogens is 306 g/mol. The van der Waals surface area contributed by atoms with Crippen LogP contribution in [0.4, 0.5) is 4.79 Å². The van der Waals surface area contributed by atoms with Crippen LogP contribution >= 0.6 is 0 Å². The van der Waals surface area contributed by atoms with Crippen LogP contribution in [0.2, 0.25) is 0 Å². The molecule has 0 aliphatic rings. The zero-order valence-electron chi connectivity index (χ0n) is 14.5. The van der Waals surface area contributed by atoms with Gasteiger partial charge in [-0.05, 0) is 12.3 Å². The molecule has 23 heavy (non-hydrogen) atoms. The standard InChI is InChI=1S/C15H27NO6.H2O/c1-10(2)7-6-8-13(17)20-9-16-15(19)22-12(5)21-14(18)11(3)4;/h10-12H,6-9H2,1-5H3,(H,16,19);1H2/t12-;/m1./s1. The van der Waals surface area contributed by atoms with Crippen LogP contribution < -0.4 is 5.32 Å². The molecule has 0 aromatic rings. The summed E-state index contributed by atoms with van der Waals surface area (Å²) in [6, 6.07) is 0. The van der Waals surface area contributed by atoms with Gasteiger partial charge in [-0.15, -0.1) is 0 Å². The summed E-state index contributed by atoms with van der Waals surface area (Å²) in [4.78, 5) is 34.0. The lowest BCUT2D eigenvalue weighted by Crippen LogP contribution is -2.33. The molecule has 8 heteroatoms. The van der Waals surface area contributed by atoms with Crippen LogP contribution in [0.15, 0.2) is 0 Å². The van der Waals surface area contributed by atoms with Gasteiger partial charge in [-0.2, -0.15) is 0 Å². The number of ether oxygens (including phenoxy) is 3. The fourth-order valence-electron chi connectivity index (χ4n) is 1.42. The maximum absolute atomic E-state index is 11.4. The Morgan fingerprint density at radius 1 is 1.00 bits per heavy atom. The topological polar surface area (TPSA) is 122 Å². The van der Waals surface area contributed by atoms with E-state index < -0.39 is 18.4 Å². The summed E-state index contributed by atoms with van der Waals surface area (Å²) in [6.45, 7) is 8.66. The maximum Gasteiger partial charge on any atom is 0.412 e. The van der Waals surface area contributed by atoms with E-state index in [1.54, 1.807) is 13.8 Å². The zero-order valence-corrected chi connectivity index (χ0v) is 14.5. The molecule has 0 aromatic carbocycles. The second kappa shape index (κ2) is 12.7. The number of carbonyl (C=O) groups is 3. The van der Waals surface area contributed by atoms with E-state index in [1.807, 2.05) is 0 Å². The van der Waals surface area contributed by atoms with E-state index in [2.05, 4.69) is 19.2 Å². The van der Waals surface area contributed by atoms with Crippen molar-refractivity contribution in [1.82, 2.24) is 5.32 Å². The number of nitrogens with one attached hydrogen (secondary N) is 1. The maximum atomic E-state index is 11.4. The van der Waals surface area contributed by atoms with Crippen LogP contribution in [-0.4, -0.2) is 36.5 Å². The Bertz CT molecular complexity index is 369. The second-order valence-corrected chi connectivity index (χ2v) is 5.69. The lowest BCUT2D eigenvalue weighted by molar-refractivity contribution is -0.168. The number of alkyl carbamates (subject to hydrolysis) is 1. The van der Waals surface area contributed by atoms with E-state index in [0.29, 0.717) is 12.3 Å². The highest BCUT2D eigenvalue weighted by atomic mass is 16.7. The molecule has 0 aliphatic carbocycles. The molecule has 0 heterocycles. The number of hydrogen-bond acceptors (Lipinski definition) is 6. The average Bonchev–Trinajstić information content (AvgIpc) is 2.37. The van der Waals surface area contributed by atoms with Gasteiger partial charge in [0.25, 0.3) is 0 Å². The first-order valence-corrected chi connectivity index (χ1v) is 7.53. The van der Waals surface area contributed by atoms with E-state index in [9.17, 15) is 14.4 Å². The number of amides is 1. The van der Waals surface area contributed by atoms with Gasteiger partial charge < -0.3 is 19.7 Å². The summed E-state index contributed by atoms with van der Waals surface area (Å²) in [5, 5.41) is 2.25. The largest absolute Gasteiger partial charge is 0.444 e. The monoisotopic (exact) mass is 335 g/mol. The van der Waals surface area contributed by atoms with Crippen LogP contribution in [0.25, 0.3) is 0 Å². The molecule has 8 nitrogen and oxygen atoms in total. The van der Waals surface area contributed by atoms with E-state index in [1.165, 1.54) is 6.92 Å². The number of rotatable bonds is 9. The van der Waals surface area contributed by atoms with Crippen molar-refractivity contribution in [1.29, 1.82) is 0 Å². The van der Waals surface area contributed by atoms with Gasteiger partial charge in [-0.3, -0.25) is 14.9 Å². The average molecular weight is 335 g/mol. The zero-order chi connectivity index (χ0) is 17.1. The molecule has 3 N–H and O–H groups in total. The summed E-state index contributed by atoms with van der Waals surface area (Å²) in [7, 11) is 0. The molecule has 0 radical (unpaired) electrons. The van der Waals surface area contributed by atoms with E-state index in [4.69, 9.17) is 14.2 Å². The summed E-state index contributed by atoms with van der Waals surface area (Å²) >= 11 is 0. The third-order valence-corrected chi connectivity index (χ3v) is 2.64. The van der Waals surface area contributed by atoms with Crippen molar-refractivity contribution in [2.24, 2.45) is 11.8 Å². The third-order valence-electron chi connectivity index (χ3n) is 2.64. The Labute approximate surface area is 137 Å². The molecule has 0 unspecified atom stereocenters. The van der Waals surface area contributed by atoms with Gasteiger partial charge in [0.15, 0.2) is 6.73 Å². The minimum atomic E-state index is -1.00. The molecule has 0 aliphatic heterocycles. The number of carbonyl (C=O) groups excluding carboxylic acids is 3. The van der Waals surface area contributed by atoms with Gasteiger partial charge in [0, 0.05) is 13.3 Å². The van der Waals surface area contributed by atoms with Crippen LogP contribution in [0.1, 0.15) is 53.9 Å². The van der Waals surface area contributed by atoms with Crippen LogP contribution in [-0.2, 0) is 23.8 Å². The summed E-state index contributed by atoms with van der Waals surface area (Å²) in [5.74, 6) is -0.603. The van der Waals surface area contributed by atoms with Gasteiger partial charge in [-0.25, -0.2) is 4.79 Å². The quantitative estimate of drug-likeness (QED) is 0.506. The fraction of sp³-hybridized carbons (Fsp3) is 0.800. The lowest BCUT2D eigenvalue weighted by Gasteiger charge is -2.15. The number of esters is 2. The van der Waals surface area contributed by atoms with Crippen molar-refractivity contribution >= 4 is 18.0 Å². The predicted octanol–water partition coefficient (Wildman–Crippen LogP) is 1.76. The summed E-state index contributed by atoms with van der Waals surface area (Å²) < 4.78 is 14.5. The highest BCUT2D eigenvalue weighted by molar-refractivity contribution is 5.72. The summed E-state index contributed by atoms with van der Waals surface area (Å²) in [5.41, 5.74) is 0. The van der Waals surface area contributed by atoms with Gasteiger partial charge in [0.1, 0.15) is 0 Å². The smallest absolute Gasteiger partial charge is 0.412 e. The van der Waals surface area contributed by atoms with Crippen LogP contribution in [0, 0.1) is 11.8 Å². The van der Waals surface area contributed by atoms with Gasteiger partial charge in [-0.1, -0.05) is 34.1 Å². The lowest BCUT2D eigenvalue weighted by atomic mass is 10.1. The van der Waals surface area contributed by atoms with Crippen molar-refractivity contribution in [3.8, 4) is 0 Å². The highest BCUT2D eigenvalue weighted by Gasteiger charge is 2.16. The fourth-order valence-corrected chi connectivity index (χ4v) is 1.42. The molecule has 136 valence electrons. The first-order valence-electron chi connectivity index (χ1n) is 7.53. The molecule has 0 aromatic heterocycles. The SMILES string of the molecule is CC(C)CCCC(=O)OCNC(=O)O[C@H](C)OC(=O)C(C)C.O. The molecular formula is C15H29NO7. The molecule has 0 rings (SSSR count). The molecule has 0 spiro atoms. The molecule has 1 amide bonds. The molecule has 0 bridgehead atoms. The Balaban J connectivity index is 0. The van der Waals surface area contributed by atoms with Crippen molar-refractivity contribution < 1.29 is 34.1 Å². The van der Waals surface area contributed by atoms with Crippen LogP contribution in [0.3, 0.4) is 0 Å². The number of hydrogen-bond donors (Lipinski definition) is 1. The Kier molecular flexibility index (Phi) is 12.9. The Morgan fingerprint density at radius 2 is 1.61 bits per heavy atom. The van der Waals surface area contributed by atoms with E-state index in [0.717, 1.165) is 12.8 Å². The predicted molar refractivity (Wildman–Crippen MR) is 83.3 cm³/mol. The first-order chi connectivity index (χ1) is 10.2. The summed E-state index contributed by atoms with van der Waals surface area (Å²) in [6.07, 6.45) is 0.194. The van der Waals surface area contributed by atoms with Crippen LogP contribution in [0.5, 0.6) is 0 Å². The minimum Gasteiger partial charge on any atom is -0.444 e. The Morgan fingerprint density at radius 3 is 2.13 bits per heavy atom. The normalized spacial score (nSPS) is 11.4. The highest BCUT2D eigenvalue weighted by Crippen LogP contribution is 2.06. The van der Waals surface area contributed by atoms with Crippen molar-refractivity contribution in [2.45, 2.75) is 60.2 Å². The molecule has 0 fully saturated rings.